The minimum Gasteiger partial charge on any atom is -0.497 e. The van der Waals surface area contributed by atoms with Gasteiger partial charge in [-0.15, -0.1) is 0 Å². The molecule has 1 N–H and O–H groups in total. The van der Waals surface area contributed by atoms with Gasteiger partial charge in [-0.1, -0.05) is 36.8 Å². The third kappa shape index (κ3) is 6.79. The molecule has 0 aliphatic rings. The summed E-state index contributed by atoms with van der Waals surface area (Å²) >= 11 is 0. The van der Waals surface area contributed by atoms with Crippen molar-refractivity contribution in [1.29, 1.82) is 0 Å². The van der Waals surface area contributed by atoms with Gasteiger partial charge in [0, 0.05) is 12.6 Å². The molecule has 2 amide bonds. The zero-order chi connectivity index (χ0) is 22.1. The van der Waals surface area contributed by atoms with Gasteiger partial charge in [0.2, 0.25) is 5.91 Å². The maximum atomic E-state index is 13.1. The molecule has 1 atom stereocenters. The van der Waals surface area contributed by atoms with E-state index in [2.05, 4.69) is 5.32 Å². The van der Waals surface area contributed by atoms with Gasteiger partial charge in [-0.05, 0) is 57.0 Å². The van der Waals surface area contributed by atoms with Crippen LogP contribution in [0, 0.1) is 6.92 Å². The summed E-state index contributed by atoms with van der Waals surface area (Å²) in [4.78, 5) is 27.5. The van der Waals surface area contributed by atoms with Crippen LogP contribution in [0.1, 0.15) is 38.3 Å². The zero-order valence-corrected chi connectivity index (χ0v) is 18.5. The van der Waals surface area contributed by atoms with Crippen molar-refractivity contribution in [3.8, 4) is 11.5 Å². The number of hydrogen-bond acceptors (Lipinski definition) is 4. The molecule has 0 bridgehead atoms. The molecule has 2 aromatic rings. The third-order valence-electron chi connectivity index (χ3n) is 4.67. The second-order valence-corrected chi connectivity index (χ2v) is 7.56. The summed E-state index contributed by atoms with van der Waals surface area (Å²) in [5.41, 5.74) is 2.08. The number of benzene rings is 2. The molecule has 2 aromatic carbocycles. The Kier molecular flexibility index (Phi) is 8.71. The molecule has 0 radical (unpaired) electrons. The first kappa shape index (κ1) is 23.3. The molecular formula is C24H32N2O4. The summed E-state index contributed by atoms with van der Waals surface area (Å²) < 4.78 is 10.8. The quantitative estimate of drug-likeness (QED) is 0.646. The second-order valence-electron chi connectivity index (χ2n) is 7.56. The SMILES string of the molecule is CC[C@@H](C(=O)NC(C)C)N(Cc1cccc(C)c1)C(=O)COc1ccc(OC)cc1. The van der Waals surface area contributed by atoms with Gasteiger partial charge in [0.25, 0.3) is 5.91 Å². The third-order valence-corrected chi connectivity index (χ3v) is 4.67. The number of carbonyl (C=O) groups excluding carboxylic acids is 2. The molecule has 0 aromatic heterocycles. The molecule has 0 aliphatic heterocycles. The van der Waals surface area contributed by atoms with E-state index >= 15 is 0 Å². The number of carbonyl (C=O) groups is 2. The zero-order valence-electron chi connectivity index (χ0n) is 18.5. The highest BCUT2D eigenvalue weighted by molar-refractivity contribution is 5.88. The van der Waals surface area contributed by atoms with Crippen molar-refractivity contribution < 1.29 is 19.1 Å². The molecule has 6 heteroatoms. The Balaban J connectivity index is 2.18. The van der Waals surface area contributed by atoms with Gasteiger partial charge in [0.15, 0.2) is 6.61 Å². The van der Waals surface area contributed by atoms with Crippen LogP contribution in [0.2, 0.25) is 0 Å². The van der Waals surface area contributed by atoms with Crippen molar-refractivity contribution in [3.05, 3.63) is 59.7 Å². The molecule has 0 saturated heterocycles. The van der Waals surface area contributed by atoms with Crippen molar-refractivity contribution in [1.82, 2.24) is 10.2 Å². The van der Waals surface area contributed by atoms with E-state index in [0.717, 1.165) is 11.1 Å². The predicted octanol–water partition coefficient (Wildman–Crippen LogP) is 3.71. The molecule has 0 fully saturated rings. The summed E-state index contributed by atoms with van der Waals surface area (Å²) in [6, 6.07) is 14.4. The Bertz CT molecular complexity index is 833. The van der Waals surface area contributed by atoms with Crippen molar-refractivity contribution in [2.24, 2.45) is 0 Å². The lowest BCUT2D eigenvalue weighted by molar-refractivity contribution is -0.143. The first-order chi connectivity index (χ1) is 14.3. The van der Waals surface area contributed by atoms with E-state index in [0.29, 0.717) is 24.5 Å². The number of nitrogens with zero attached hydrogens (tertiary/aromatic N) is 1. The van der Waals surface area contributed by atoms with Crippen LogP contribution in [-0.2, 0) is 16.1 Å². The lowest BCUT2D eigenvalue weighted by Crippen LogP contribution is -2.51. The van der Waals surface area contributed by atoms with Gasteiger partial charge >= 0.3 is 0 Å². The number of rotatable bonds is 10. The van der Waals surface area contributed by atoms with Crippen LogP contribution in [0.3, 0.4) is 0 Å². The van der Waals surface area contributed by atoms with Crippen LogP contribution in [0.25, 0.3) is 0 Å². The Morgan fingerprint density at radius 2 is 1.73 bits per heavy atom. The van der Waals surface area contributed by atoms with E-state index in [1.807, 2.05) is 52.0 Å². The highest BCUT2D eigenvalue weighted by atomic mass is 16.5. The van der Waals surface area contributed by atoms with Gasteiger partial charge in [0.05, 0.1) is 7.11 Å². The second kappa shape index (κ2) is 11.2. The maximum absolute atomic E-state index is 13.1. The van der Waals surface area contributed by atoms with Crippen LogP contribution < -0.4 is 14.8 Å². The fourth-order valence-corrected chi connectivity index (χ4v) is 3.21. The van der Waals surface area contributed by atoms with Crippen LogP contribution in [0.15, 0.2) is 48.5 Å². The largest absolute Gasteiger partial charge is 0.497 e. The van der Waals surface area contributed by atoms with Gasteiger partial charge in [-0.2, -0.15) is 0 Å². The van der Waals surface area contributed by atoms with Crippen molar-refractivity contribution in [2.45, 2.75) is 52.7 Å². The summed E-state index contributed by atoms with van der Waals surface area (Å²) in [6.07, 6.45) is 0.513. The number of methoxy groups -OCH3 is 1. The highest BCUT2D eigenvalue weighted by Crippen LogP contribution is 2.18. The van der Waals surface area contributed by atoms with Crippen molar-refractivity contribution in [2.75, 3.05) is 13.7 Å². The normalized spacial score (nSPS) is 11.7. The molecule has 162 valence electrons. The average Bonchev–Trinajstić information content (AvgIpc) is 2.71. The molecule has 2 rings (SSSR count). The number of nitrogens with one attached hydrogen (secondary N) is 1. The number of aryl methyl sites for hydroxylation is 1. The molecule has 0 spiro atoms. The standard InChI is InChI=1S/C24H32N2O4/c1-6-22(24(28)25-17(2)3)26(15-19-9-7-8-18(4)14-19)23(27)16-30-21-12-10-20(29-5)11-13-21/h7-14,17,22H,6,15-16H2,1-5H3,(H,25,28)/t22-/m0/s1. The van der Waals surface area contributed by atoms with E-state index < -0.39 is 6.04 Å². The monoisotopic (exact) mass is 412 g/mol. The Morgan fingerprint density at radius 1 is 1.07 bits per heavy atom. The lowest BCUT2D eigenvalue weighted by atomic mass is 10.1. The van der Waals surface area contributed by atoms with Crippen LogP contribution in [-0.4, -0.2) is 42.5 Å². The van der Waals surface area contributed by atoms with E-state index in [9.17, 15) is 9.59 Å². The summed E-state index contributed by atoms with van der Waals surface area (Å²) in [5.74, 6) is 0.890. The highest BCUT2D eigenvalue weighted by Gasteiger charge is 2.29. The average molecular weight is 413 g/mol. The minimum atomic E-state index is -0.570. The minimum absolute atomic E-state index is 0.00183. The van der Waals surface area contributed by atoms with Crippen molar-refractivity contribution in [3.63, 3.8) is 0 Å². The molecule has 6 nitrogen and oxygen atoms in total. The molecule has 30 heavy (non-hydrogen) atoms. The fraction of sp³-hybridized carbons (Fsp3) is 0.417. The van der Waals surface area contributed by atoms with Crippen LogP contribution >= 0.6 is 0 Å². The van der Waals surface area contributed by atoms with Crippen molar-refractivity contribution >= 4 is 11.8 Å². The van der Waals surface area contributed by atoms with Gasteiger partial charge in [-0.3, -0.25) is 9.59 Å². The van der Waals surface area contributed by atoms with Crippen LogP contribution in [0.4, 0.5) is 0 Å². The van der Waals surface area contributed by atoms with Gasteiger partial charge in [-0.25, -0.2) is 0 Å². The topological polar surface area (TPSA) is 67.9 Å². The summed E-state index contributed by atoms with van der Waals surface area (Å²) in [5, 5.41) is 2.93. The number of ether oxygens (including phenoxy) is 2. The molecule has 0 saturated carbocycles. The molecule has 0 heterocycles. The van der Waals surface area contributed by atoms with E-state index in [-0.39, 0.29) is 24.5 Å². The summed E-state index contributed by atoms with van der Waals surface area (Å²) in [7, 11) is 1.59. The smallest absolute Gasteiger partial charge is 0.261 e. The van der Waals surface area contributed by atoms with E-state index in [4.69, 9.17) is 9.47 Å². The number of hydrogen-bond donors (Lipinski definition) is 1. The summed E-state index contributed by atoms with van der Waals surface area (Å²) in [6.45, 7) is 7.92. The van der Waals surface area contributed by atoms with Gasteiger partial charge in [0.1, 0.15) is 17.5 Å². The van der Waals surface area contributed by atoms with Gasteiger partial charge < -0.3 is 19.7 Å². The Labute approximate surface area is 179 Å². The van der Waals surface area contributed by atoms with E-state index in [1.54, 1.807) is 36.3 Å². The predicted molar refractivity (Wildman–Crippen MR) is 118 cm³/mol. The first-order valence-corrected chi connectivity index (χ1v) is 10.3. The number of amides is 2. The molecular weight excluding hydrogens is 380 g/mol. The fourth-order valence-electron chi connectivity index (χ4n) is 3.21. The lowest BCUT2D eigenvalue weighted by Gasteiger charge is -2.31. The Morgan fingerprint density at radius 3 is 2.30 bits per heavy atom. The van der Waals surface area contributed by atoms with E-state index in [1.165, 1.54) is 0 Å². The molecule has 0 aliphatic carbocycles. The van der Waals surface area contributed by atoms with Crippen LogP contribution in [0.5, 0.6) is 11.5 Å². The molecule has 0 unspecified atom stereocenters. The Hall–Kier alpha value is -3.02. The first-order valence-electron chi connectivity index (χ1n) is 10.3. The maximum Gasteiger partial charge on any atom is 0.261 e.